The van der Waals surface area contributed by atoms with E-state index >= 15 is 0 Å². The van der Waals surface area contributed by atoms with E-state index in [2.05, 4.69) is 5.32 Å². The highest BCUT2D eigenvalue weighted by Gasteiger charge is 2.52. The van der Waals surface area contributed by atoms with Gasteiger partial charge in [0.15, 0.2) is 5.60 Å². The summed E-state index contributed by atoms with van der Waals surface area (Å²) in [4.78, 5) is 15.0. The molecule has 0 spiro atoms. The highest BCUT2D eigenvalue weighted by atomic mass is 16.5. The Morgan fingerprint density at radius 2 is 1.86 bits per heavy atom. The average Bonchev–Trinajstić information content (AvgIpc) is 2.70. The predicted molar refractivity (Wildman–Crippen MR) is 112 cm³/mol. The number of aliphatic hydroxyl groups is 1. The number of nitrogens with one attached hydrogen (secondary N) is 1. The third-order valence-electron chi connectivity index (χ3n) is 8.01. The Balaban J connectivity index is 1.25. The van der Waals surface area contributed by atoms with Crippen molar-refractivity contribution in [3.63, 3.8) is 0 Å². The largest absolute Gasteiger partial charge is 0.497 e. The summed E-state index contributed by atoms with van der Waals surface area (Å²) in [6.07, 6.45) is 9.30. The van der Waals surface area contributed by atoms with E-state index in [-0.39, 0.29) is 11.4 Å². The molecule has 1 heterocycles. The lowest BCUT2D eigenvalue weighted by Gasteiger charge is -2.57. The summed E-state index contributed by atoms with van der Waals surface area (Å²) in [7, 11) is 1.65. The minimum atomic E-state index is -1.28. The van der Waals surface area contributed by atoms with Crippen LogP contribution in [0, 0.1) is 17.8 Å². The molecule has 1 amide bonds. The fraction of sp³-hybridized carbons (Fsp3) is 0.708. The highest BCUT2D eigenvalue weighted by molar-refractivity contribution is 5.86. The van der Waals surface area contributed by atoms with E-state index in [0.717, 1.165) is 35.5 Å². The molecule has 5 fully saturated rings. The Hall–Kier alpha value is -1.59. The van der Waals surface area contributed by atoms with Gasteiger partial charge in [-0.3, -0.25) is 4.79 Å². The van der Waals surface area contributed by atoms with Crippen LogP contribution in [0.3, 0.4) is 0 Å². The van der Waals surface area contributed by atoms with Crippen LogP contribution in [0.4, 0.5) is 0 Å². The summed E-state index contributed by atoms with van der Waals surface area (Å²) >= 11 is 0. The standard InChI is InChI=1S/C24H34N2O3/c1-29-21-5-2-4-17(11-21)15-26-7-3-6-24(28,22(26)27)16-25-23-12-18-8-19(13-23)10-20(9-18)14-23/h2,4-5,11,18-20,25,28H,3,6-10,12-16H2,1H3/t18?,19?,20?,23?,24-/m0/s1. The summed E-state index contributed by atoms with van der Waals surface area (Å²) in [6.45, 7) is 1.62. The SMILES string of the molecule is COc1cccc(CN2CCC[C@](O)(CNC34CC5CC(CC(C5)C3)C4)C2=O)c1. The topological polar surface area (TPSA) is 61.8 Å². The normalized spacial score (nSPS) is 38.5. The molecule has 1 saturated heterocycles. The van der Waals surface area contributed by atoms with Crippen molar-refractivity contribution < 1.29 is 14.6 Å². The Morgan fingerprint density at radius 1 is 1.17 bits per heavy atom. The van der Waals surface area contributed by atoms with Crippen molar-refractivity contribution in [1.82, 2.24) is 10.2 Å². The van der Waals surface area contributed by atoms with Crippen molar-refractivity contribution in [2.45, 2.75) is 69.1 Å². The molecule has 4 aliphatic carbocycles. The number of carbonyl (C=O) groups excluding carboxylic acids is 1. The molecule has 0 aromatic heterocycles. The van der Waals surface area contributed by atoms with Crippen LogP contribution in [0.1, 0.15) is 56.9 Å². The molecule has 1 aromatic carbocycles. The molecule has 158 valence electrons. The summed E-state index contributed by atoms with van der Waals surface area (Å²) in [6, 6.07) is 7.84. The van der Waals surface area contributed by atoms with Crippen LogP contribution in [0.5, 0.6) is 5.75 Å². The summed E-state index contributed by atoms with van der Waals surface area (Å²) < 4.78 is 5.30. The number of rotatable bonds is 6. The number of carbonyl (C=O) groups is 1. The molecule has 1 atom stereocenters. The maximum Gasteiger partial charge on any atom is 0.256 e. The van der Waals surface area contributed by atoms with Crippen LogP contribution < -0.4 is 10.1 Å². The van der Waals surface area contributed by atoms with Gasteiger partial charge in [-0.05, 0) is 86.8 Å². The molecule has 4 saturated carbocycles. The van der Waals surface area contributed by atoms with Crippen LogP contribution in [0.2, 0.25) is 0 Å². The van der Waals surface area contributed by atoms with Gasteiger partial charge >= 0.3 is 0 Å². The molecule has 1 aromatic rings. The molecular weight excluding hydrogens is 364 g/mol. The molecule has 1 aliphatic heterocycles. The zero-order valence-corrected chi connectivity index (χ0v) is 17.5. The monoisotopic (exact) mass is 398 g/mol. The van der Waals surface area contributed by atoms with E-state index in [0.29, 0.717) is 26.1 Å². The third kappa shape index (κ3) is 3.68. The van der Waals surface area contributed by atoms with E-state index in [1.54, 1.807) is 7.11 Å². The van der Waals surface area contributed by atoms with Gasteiger partial charge in [0, 0.05) is 25.2 Å². The lowest BCUT2D eigenvalue weighted by Crippen LogP contribution is -2.64. The molecule has 4 bridgehead atoms. The molecular formula is C24H34N2O3. The Morgan fingerprint density at radius 3 is 2.52 bits per heavy atom. The van der Waals surface area contributed by atoms with E-state index in [9.17, 15) is 9.90 Å². The second kappa shape index (κ2) is 7.28. The van der Waals surface area contributed by atoms with Gasteiger partial charge in [0.2, 0.25) is 0 Å². The number of hydrogen-bond donors (Lipinski definition) is 2. The van der Waals surface area contributed by atoms with Crippen molar-refractivity contribution in [2.75, 3.05) is 20.2 Å². The van der Waals surface area contributed by atoms with Crippen LogP contribution >= 0.6 is 0 Å². The van der Waals surface area contributed by atoms with Crippen LogP contribution in [-0.2, 0) is 11.3 Å². The summed E-state index contributed by atoms with van der Waals surface area (Å²) in [5.41, 5.74) is -0.0729. The third-order valence-corrected chi connectivity index (χ3v) is 8.01. The molecule has 5 nitrogen and oxygen atoms in total. The van der Waals surface area contributed by atoms with Gasteiger partial charge in [0.25, 0.3) is 5.91 Å². The lowest BCUT2D eigenvalue weighted by atomic mass is 9.53. The first-order valence-electron chi connectivity index (χ1n) is 11.4. The Labute approximate surface area is 173 Å². The number of likely N-dealkylation sites (tertiary alicyclic amines) is 1. The summed E-state index contributed by atoms with van der Waals surface area (Å²) in [5.74, 6) is 3.24. The smallest absolute Gasteiger partial charge is 0.256 e. The Bertz CT molecular complexity index is 744. The zero-order chi connectivity index (χ0) is 20.1. The first-order valence-corrected chi connectivity index (χ1v) is 11.4. The van der Waals surface area contributed by atoms with Crippen molar-refractivity contribution >= 4 is 5.91 Å². The second-order valence-corrected chi connectivity index (χ2v) is 10.3. The van der Waals surface area contributed by atoms with Gasteiger partial charge in [0.1, 0.15) is 5.75 Å². The predicted octanol–water partition coefficient (Wildman–Crippen LogP) is 3.11. The maximum absolute atomic E-state index is 13.2. The first kappa shape index (κ1) is 19.4. The maximum atomic E-state index is 13.2. The van der Waals surface area contributed by atoms with Gasteiger partial charge < -0.3 is 20.1 Å². The molecule has 0 unspecified atom stereocenters. The fourth-order valence-electron chi connectivity index (χ4n) is 7.03. The van der Waals surface area contributed by atoms with Crippen LogP contribution in [0.25, 0.3) is 0 Å². The number of ether oxygens (including phenoxy) is 1. The van der Waals surface area contributed by atoms with Crippen molar-refractivity contribution in [3.8, 4) is 5.75 Å². The average molecular weight is 399 g/mol. The molecule has 6 rings (SSSR count). The molecule has 29 heavy (non-hydrogen) atoms. The number of benzene rings is 1. The quantitative estimate of drug-likeness (QED) is 0.773. The van der Waals surface area contributed by atoms with Gasteiger partial charge in [-0.1, -0.05) is 12.1 Å². The minimum absolute atomic E-state index is 0.121. The van der Waals surface area contributed by atoms with Crippen LogP contribution in [0.15, 0.2) is 24.3 Å². The van der Waals surface area contributed by atoms with E-state index in [1.807, 2.05) is 29.2 Å². The molecule has 5 aliphatic rings. The number of nitrogens with zero attached hydrogens (tertiary/aromatic N) is 1. The molecule has 0 radical (unpaired) electrons. The number of hydrogen-bond acceptors (Lipinski definition) is 4. The molecule has 2 N–H and O–H groups in total. The lowest BCUT2D eigenvalue weighted by molar-refractivity contribution is -0.158. The van der Waals surface area contributed by atoms with Crippen molar-refractivity contribution in [2.24, 2.45) is 17.8 Å². The fourth-order valence-corrected chi connectivity index (χ4v) is 7.03. The first-order chi connectivity index (χ1) is 14.0. The molecule has 5 heteroatoms. The van der Waals surface area contributed by atoms with Gasteiger partial charge in [0.05, 0.1) is 7.11 Å². The second-order valence-electron chi connectivity index (χ2n) is 10.3. The van der Waals surface area contributed by atoms with Crippen molar-refractivity contribution in [3.05, 3.63) is 29.8 Å². The Kier molecular flexibility index (Phi) is 4.86. The highest BCUT2D eigenvalue weighted by Crippen LogP contribution is 2.55. The van der Waals surface area contributed by atoms with E-state index < -0.39 is 5.60 Å². The number of β-amino-alcohol motifs (C(OH)–C–C–N with tert-alkyl or cyclic N) is 1. The minimum Gasteiger partial charge on any atom is -0.497 e. The number of amides is 1. The van der Waals surface area contributed by atoms with Crippen LogP contribution in [-0.4, -0.2) is 47.3 Å². The van der Waals surface area contributed by atoms with E-state index in [4.69, 9.17) is 4.74 Å². The summed E-state index contributed by atoms with van der Waals surface area (Å²) in [5, 5.41) is 15.1. The van der Waals surface area contributed by atoms with Gasteiger partial charge in [-0.25, -0.2) is 0 Å². The van der Waals surface area contributed by atoms with Gasteiger partial charge in [-0.15, -0.1) is 0 Å². The van der Waals surface area contributed by atoms with E-state index in [1.165, 1.54) is 38.5 Å². The number of piperidine rings is 1. The van der Waals surface area contributed by atoms with Crippen molar-refractivity contribution in [1.29, 1.82) is 0 Å². The number of methoxy groups -OCH3 is 1. The van der Waals surface area contributed by atoms with Gasteiger partial charge in [-0.2, -0.15) is 0 Å². The zero-order valence-electron chi connectivity index (χ0n) is 17.5.